The summed E-state index contributed by atoms with van der Waals surface area (Å²) in [6.07, 6.45) is 3.81. The molecule has 2 atom stereocenters. The molecule has 1 aliphatic heterocycles. The normalized spacial score (nSPS) is 17.4. The number of nitrogens with one attached hydrogen (secondary N) is 2. The van der Waals surface area contributed by atoms with Gasteiger partial charge in [0.2, 0.25) is 5.91 Å². The minimum absolute atomic E-state index is 0.0253. The summed E-state index contributed by atoms with van der Waals surface area (Å²) in [5.74, 6) is 0.600. The van der Waals surface area contributed by atoms with Crippen molar-refractivity contribution in [1.82, 2.24) is 30.1 Å². The average Bonchev–Trinajstić information content (AvgIpc) is 3.44. The molecule has 0 saturated carbocycles. The van der Waals surface area contributed by atoms with Crippen LogP contribution in [0.25, 0.3) is 5.65 Å². The van der Waals surface area contributed by atoms with Gasteiger partial charge in [0.15, 0.2) is 11.5 Å². The summed E-state index contributed by atoms with van der Waals surface area (Å²) in [4.78, 5) is 38.7. The van der Waals surface area contributed by atoms with E-state index in [0.29, 0.717) is 23.7 Å². The highest BCUT2D eigenvalue weighted by molar-refractivity contribution is 6.05. The number of carbonyl (C=O) groups is 3. The van der Waals surface area contributed by atoms with Crippen LogP contribution in [-0.2, 0) is 16.1 Å². The zero-order valence-corrected chi connectivity index (χ0v) is 17.3. The molecule has 0 spiro atoms. The molecular weight excluding hydrogens is 400 g/mol. The molecule has 0 bridgehead atoms. The average molecular weight is 424 g/mol. The highest BCUT2D eigenvalue weighted by atomic mass is 16.3. The molecule has 0 aliphatic carbocycles. The molecule has 10 nitrogen and oxygen atoms in total. The minimum Gasteiger partial charge on any atom is -0.467 e. The number of hydrogen-bond donors (Lipinski definition) is 2. The standard InChI is InChI=1S/C21H24N6O4/c1-13(2)10-15(19-25-24-17-7-3-4-8-26(17)19)22-18(28)11-16-20(29)27(21(30)23-16)12-14-6-5-9-31-14/h3-9,13,15-16H,10-12H2,1-2H3,(H,22,28)(H,23,30)/t15-,16+/m0/s1. The van der Waals surface area contributed by atoms with Crippen LogP contribution < -0.4 is 10.6 Å². The molecule has 31 heavy (non-hydrogen) atoms. The van der Waals surface area contributed by atoms with Gasteiger partial charge in [-0.2, -0.15) is 0 Å². The van der Waals surface area contributed by atoms with Gasteiger partial charge in [0.1, 0.15) is 11.8 Å². The Morgan fingerprint density at radius 3 is 2.81 bits per heavy atom. The van der Waals surface area contributed by atoms with Crippen molar-refractivity contribution >= 4 is 23.5 Å². The number of hydrogen-bond acceptors (Lipinski definition) is 6. The van der Waals surface area contributed by atoms with E-state index in [1.165, 1.54) is 6.26 Å². The Kier molecular flexibility index (Phi) is 5.70. The maximum atomic E-state index is 12.8. The van der Waals surface area contributed by atoms with E-state index in [1.807, 2.05) is 28.8 Å². The number of pyridine rings is 1. The fourth-order valence-electron chi connectivity index (χ4n) is 3.66. The van der Waals surface area contributed by atoms with Crippen molar-refractivity contribution in [3.05, 3.63) is 54.4 Å². The van der Waals surface area contributed by atoms with Crippen LogP contribution in [0.1, 0.15) is 44.3 Å². The van der Waals surface area contributed by atoms with E-state index in [-0.39, 0.29) is 30.8 Å². The van der Waals surface area contributed by atoms with Crippen molar-refractivity contribution in [1.29, 1.82) is 0 Å². The Labute approximate surface area is 178 Å². The van der Waals surface area contributed by atoms with Gasteiger partial charge in [-0.1, -0.05) is 19.9 Å². The van der Waals surface area contributed by atoms with Crippen LogP contribution in [0.2, 0.25) is 0 Å². The molecule has 0 radical (unpaired) electrons. The summed E-state index contributed by atoms with van der Waals surface area (Å²) in [6, 6.07) is 7.10. The van der Waals surface area contributed by atoms with Gasteiger partial charge in [0.05, 0.1) is 25.3 Å². The molecule has 4 rings (SSSR count). The summed E-state index contributed by atoms with van der Waals surface area (Å²) in [7, 11) is 0. The number of imide groups is 1. The van der Waals surface area contributed by atoms with Gasteiger partial charge in [0, 0.05) is 6.20 Å². The molecule has 0 unspecified atom stereocenters. The molecule has 3 aromatic heterocycles. The third-order valence-corrected chi connectivity index (χ3v) is 5.08. The van der Waals surface area contributed by atoms with Crippen LogP contribution in [0, 0.1) is 5.92 Å². The first-order valence-electron chi connectivity index (χ1n) is 10.2. The number of aromatic nitrogens is 3. The molecule has 1 saturated heterocycles. The van der Waals surface area contributed by atoms with Crippen molar-refractivity contribution in [2.24, 2.45) is 5.92 Å². The van der Waals surface area contributed by atoms with Crippen LogP contribution in [0.4, 0.5) is 4.79 Å². The summed E-state index contributed by atoms with van der Waals surface area (Å²) in [5, 5.41) is 14.0. The van der Waals surface area contributed by atoms with Crippen molar-refractivity contribution in [3.8, 4) is 0 Å². The van der Waals surface area contributed by atoms with E-state index in [0.717, 1.165) is 4.90 Å². The number of carbonyl (C=O) groups excluding carboxylic acids is 3. The zero-order chi connectivity index (χ0) is 22.0. The Balaban J connectivity index is 1.44. The van der Waals surface area contributed by atoms with Crippen molar-refractivity contribution in [2.75, 3.05) is 0 Å². The summed E-state index contributed by atoms with van der Waals surface area (Å²) >= 11 is 0. The maximum absolute atomic E-state index is 12.8. The minimum atomic E-state index is -0.919. The largest absolute Gasteiger partial charge is 0.467 e. The number of nitrogens with zero attached hydrogens (tertiary/aromatic N) is 4. The van der Waals surface area contributed by atoms with Crippen molar-refractivity contribution < 1.29 is 18.8 Å². The van der Waals surface area contributed by atoms with E-state index < -0.39 is 18.0 Å². The van der Waals surface area contributed by atoms with Crippen molar-refractivity contribution in [2.45, 2.75) is 45.3 Å². The summed E-state index contributed by atoms with van der Waals surface area (Å²) in [5.41, 5.74) is 0.687. The molecule has 1 aliphatic rings. The molecule has 1 fully saturated rings. The summed E-state index contributed by atoms with van der Waals surface area (Å²) in [6.45, 7) is 4.13. The second-order valence-corrected chi connectivity index (χ2v) is 7.95. The third-order valence-electron chi connectivity index (χ3n) is 5.08. The second-order valence-electron chi connectivity index (χ2n) is 7.95. The topological polar surface area (TPSA) is 122 Å². The first-order valence-corrected chi connectivity index (χ1v) is 10.2. The quantitative estimate of drug-likeness (QED) is 0.534. The van der Waals surface area contributed by atoms with E-state index in [4.69, 9.17) is 4.42 Å². The van der Waals surface area contributed by atoms with Gasteiger partial charge in [-0.15, -0.1) is 10.2 Å². The molecule has 4 amide bonds. The SMILES string of the molecule is CC(C)C[C@H](NC(=O)C[C@H]1NC(=O)N(Cc2ccco2)C1=O)c1nnc2ccccn12. The van der Waals surface area contributed by atoms with Gasteiger partial charge in [-0.05, 0) is 36.6 Å². The lowest BCUT2D eigenvalue weighted by molar-refractivity contribution is -0.131. The number of rotatable bonds is 8. The number of urea groups is 1. The lowest BCUT2D eigenvalue weighted by Gasteiger charge is -2.20. The van der Waals surface area contributed by atoms with Crippen LogP contribution in [-0.4, -0.2) is 43.4 Å². The Hall–Kier alpha value is -3.69. The second kappa shape index (κ2) is 8.58. The van der Waals surface area contributed by atoms with E-state index >= 15 is 0 Å². The third kappa shape index (κ3) is 4.42. The molecule has 3 aromatic rings. The van der Waals surface area contributed by atoms with Gasteiger partial charge in [-0.25, -0.2) is 4.79 Å². The van der Waals surface area contributed by atoms with Gasteiger partial charge < -0.3 is 15.1 Å². The first-order chi connectivity index (χ1) is 14.9. The van der Waals surface area contributed by atoms with Gasteiger partial charge >= 0.3 is 6.03 Å². The molecule has 10 heteroatoms. The van der Waals surface area contributed by atoms with Crippen LogP contribution in [0.3, 0.4) is 0 Å². The number of fused-ring (bicyclic) bond motifs is 1. The van der Waals surface area contributed by atoms with Crippen LogP contribution in [0.15, 0.2) is 47.2 Å². The molecule has 2 N–H and O–H groups in total. The predicted octanol–water partition coefficient (Wildman–Crippen LogP) is 2.04. The molecule has 0 aromatic carbocycles. The molecule has 4 heterocycles. The fourth-order valence-corrected chi connectivity index (χ4v) is 3.66. The predicted molar refractivity (Wildman–Crippen MR) is 110 cm³/mol. The van der Waals surface area contributed by atoms with Crippen LogP contribution >= 0.6 is 0 Å². The highest BCUT2D eigenvalue weighted by Crippen LogP contribution is 2.21. The van der Waals surface area contributed by atoms with E-state index in [9.17, 15) is 14.4 Å². The van der Waals surface area contributed by atoms with Gasteiger partial charge in [-0.3, -0.25) is 18.9 Å². The van der Waals surface area contributed by atoms with E-state index in [2.05, 4.69) is 34.7 Å². The van der Waals surface area contributed by atoms with E-state index in [1.54, 1.807) is 12.1 Å². The fraction of sp³-hybridized carbons (Fsp3) is 0.381. The highest BCUT2D eigenvalue weighted by Gasteiger charge is 2.39. The van der Waals surface area contributed by atoms with Gasteiger partial charge in [0.25, 0.3) is 5.91 Å². The smallest absolute Gasteiger partial charge is 0.325 e. The molecular formula is C21H24N6O4. The molecule has 162 valence electrons. The number of amides is 4. The Morgan fingerprint density at radius 1 is 1.23 bits per heavy atom. The monoisotopic (exact) mass is 424 g/mol. The number of furan rings is 1. The van der Waals surface area contributed by atoms with Crippen LogP contribution in [0.5, 0.6) is 0 Å². The zero-order valence-electron chi connectivity index (χ0n) is 17.3. The lowest BCUT2D eigenvalue weighted by Crippen LogP contribution is -2.38. The summed E-state index contributed by atoms with van der Waals surface area (Å²) < 4.78 is 7.04. The maximum Gasteiger partial charge on any atom is 0.325 e. The Bertz CT molecular complexity index is 1090. The Morgan fingerprint density at radius 2 is 2.06 bits per heavy atom. The first kappa shape index (κ1) is 20.6. The van der Waals surface area contributed by atoms with Crippen molar-refractivity contribution in [3.63, 3.8) is 0 Å². The lowest BCUT2D eigenvalue weighted by atomic mass is 10.0.